The average Bonchev–Trinajstić information content (AvgIpc) is 2.23. The van der Waals surface area contributed by atoms with E-state index in [-0.39, 0.29) is 5.56 Å². The van der Waals surface area contributed by atoms with Gasteiger partial charge in [-0.15, -0.1) is 0 Å². The number of hydrogen-bond acceptors (Lipinski definition) is 4. The Labute approximate surface area is 99.2 Å². The molecular weight excluding hydrogens is 307 g/mol. The molecule has 0 aromatic carbocycles. The Morgan fingerprint density at radius 3 is 2.47 bits per heavy atom. The highest BCUT2D eigenvalue weighted by molar-refractivity contribution is 14.1. The first kappa shape index (κ1) is 10.2. The Balaban J connectivity index is 2.50. The van der Waals surface area contributed by atoms with Crippen LogP contribution < -0.4 is 5.56 Å². The van der Waals surface area contributed by atoms with E-state index < -0.39 is 0 Å². The number of aryl methyl sites for hydroxylation is 1. The summed E-state index contributed by atoms with van der Waals surface area (Å²) in [6.07, 6.45) is 4.86. The van der Waals surface area contributed by atoms with Gasteiger partial charge in [0.2, 0.25) is 0 Å². The zero-order chi connectivity index (χ0) is 10.8. The fraction of sp³-hybridized carbons (Fsp3) is 0.111. The minimum absolute atomic E-state index is 0.176. The first-order valence-electron chi connectivity index (χ1n) is 4.20. The zero-order valence-electron chi connectivity index (χ0n) is 7.86. The molecule has 0 aliphatic carbocycles. The molecule has 0 fully saturated rings. The summed E-state index contributed by atoms with van der Waals surface area (Å²) in [6, 6.07) is 0. The number of H-pyrrole nitrogens is 1. The quantitative estimate of drug-likeness (QED) is 0.801. The highest BCUT2D eigenvalue weighted by atomic mass is 127. The van der Waals surface area contributed by atoms with Gasteiger partial charge >= 0.3 is 0 Å². The molecule has 1 N–H and O–H groups in total. The minimum atomic E-state index is -0.176. The second-order valence-electron chi connectivity index (χ2n) is 2.99. The van der Waals surface area contributed by atoms with E-state index in [4.69, 9.17) is 0 Å². The molecule has 0 amide bonds. The average molecular weight is 314 g/mol. The van der Waals surface area contributed by atoms with E-state index in [0.717, 1.165) is 5.56 Å². The van der Waals surface area contributed by atoms with E-state index in [9.17, 15) is 4.79 Å². The van der Waals surface area contributed by atoms with Crippen LogP contribution in [-0.4, -0.2) is 19.9 Å². The maximum atomic E-state index is 11.3. The number of nitrogens with zero attached hydrogens (tertiary/aromatic N) is 3. The van der Waals surface area contributed by atoms with Gasteiger partial charge in [-0.3, -0.25) is 4.79 Å². The smallest absolute Gasteiger partial charge is 0.264 e. The third-order valence-corrected chi connectivity index (χ3v) is 2.52. The molecule has 2 aromatic heterocycles. The van der Waals surface area contributed by atoms with Crippen LogP contribution >= 0.6 is 22.6 Å². The van der Waals surface area contributed by atoms with Crippen molar-refractivity contribution in [2.75, 3.05) is 0 Å². The molecule has 0 bridgehead atoms. The molecule has 0 radical (unpaired) electrons. The highest BCUT2D eigenvalue weighted by Crippen LogP contribution is 2.06. The van der Waals surface area contributed by atoms with E-state index >= 15 is 0 Å². The molecule has 15 heavy (non-hydrogen) atoms. The summed E-state index contributed by atoms with van der Waals surface area (Å²) in [5.74, 6) is 0.814. The van der Waals surface area contributed by atoms with Crippen LogP contribution in [0.3, 0.4) is 0 Å². The van der Waals surface area contributed by atoms with E-state index in [1.165, 1.54) is 6.20 Å². The number of halogens is 1. The monoisotopic (exact) mass is 314 g/mol. The summed E-state index contributed by atoms with van der Waals surface area (Å²) in [4.78, 5) is 26.1. The molecule has 0 aliphatic heterocycles. The third-order valence-electron chi connectivity index (χ3n) is 1.75. The Hall–Kier alpha value is -1.31. The Kier molecular flexibility index (Phi) is 2.76. The van der Waals surface area contributed by atoms with Crippen LogP contribution in [0.2, 0.25) is 0 Å². The fourth-order valence-electron chi connectivity index (χ4n) is 1.01. The van der Waals surface area contributed by atoms with Crippen LogP contribution in [0.15, 0.2) is 23.4 Å². The molecule has 0 saturated carbocycles. The summed E-state index contributed by atoms with van der Waals surface area (Å²) >= 11 is 1.92. The molecule has 0 unspecified atom stereocenters. The maximum Gasteiger partial charge on any atom is 0.264 e. The summed E-state index contributed by atoms with van der Waals surface area (Å²) in [5.41, 5.74) is 0.788. The normalized spacial score (nSPS) is 10.3. The van der Waals surface area contributed by atoms with Crippen molar-refractivity contribution in [1.29, 1.82) is 0 Å². The van der Waals surface area contributed by atoms with Crippen molar-refractivity contribution in [3.63, 3.8) is 0 Å². The SMILES string of the molecule is Cc1cnc(-c2ncc(I)c(=O)[nH]2)nc1. The van der Waals surface area contributed by atoms with E-state index in [2.05, 4.69) is 19.9 Å². The predicted molar refractivity (Wildman–Crippen MR) is 63.3 cm³/mol. The van der Waals surface area contributed by atoms with Crippen molar-refractivity contribution < 1.29 is 0 Å². The molecule has 0 saturated heterocycles. The zero-order valence-corrected chi connectivity index (χ0v) is 10.0. The van der Waals surface area contributed by atoms with Gasteiger partial charge in [0.15, 0.2) is 11.6 Å². The Bertz CT molecular complexity index is 535. The van der Waals surface area contributed by atoms with Gasteiger partial charge in [0.05, 0.1) is 3.57 Å². The van der Waals surface area contributed by atoms with Crippen molar-refractivity contribution in [2.45, 2.75) is 6.92 Å². The lowest BCUT2D eigenvalue weighted by molar-refractivity contribution is 1.03. The molecule has 2 heterocycles. The molecule has 5 nitrogen and oxygen atoms in total. The van der Waals surface area contributed by atoms with Crippen LogP contribution in [0.25, 0.3) is 11.6 Å². The lowest BCUT2D eigenvalue weighted by Gasteiger charge is -1.98. The first-order chi connectivity index (χ1) is 7.16. The second kappa shape index (κ2) is 4.05. The number of aromatic nitrogens is 4. The van der Waals surface area contributed by atoms with Gasteiger partial charge in [0.1, 0.15) is 0 Å². The second-order valence-corrected chi connectivity index (χ2v) is 4.16. The summed E-state index contributed by atoms with van der Waals surface area (Å²) in [7, 11) is 0. The molecule has 0 aliphatic rings. The van der Waals surface area contributed by atoms with Crippen molar-refractivity contribution in [2.24, 2.45) is 0 Å². The largest absolute Gasteiger partial charge is 0.303 e. The molecule has 0 spiro atoms. The number of aromatic amines is 1. The third kappa shape index (κ3) is 2.20. The summed E-state index contributed by atoms with van der Waals surface area (Å²) in [5, 5.41) is 0. The molecule has 76 valence electrons. The van der Waals surface area contributed by atoms with Crippen LogP contribution in [0, 0.1) is 10.5 Å². The number of nitrogens with one attached hydrogen (secondary N) is 1. The Morgan fingerprint density at radius 2 is 1.87 bits per heavy atom. The van der Waals surface area contributed by atoms with Crippen molar-refractivity contribution >= 4 is 22.6 Å². The fourth-order valence-corrected chi connectivity index (χ4v) is 1.28. The molecule has 2 rings (SSSR count). The van der Waals surface area contributed by atoms with Crippen molar-refractivity contribution in [1.82, 2.24) is 19.9 Å². The van der Waals surface area contributed by atoms with Crippen LogP contribution in [-0.2, 0) is 0 Å². The number of rotatable bonds is 1. The van der Waals surface area contributed by atoms with Crippen LogP contribution in [0.4, 0.5) is 0 Å². The molecule has 0 atom stereocenters. The topological polar surface area (TPSA) is 71.5 Å². The van der Waals surface area contributed by atoms with Gasteiger partial charge in [0.25, 0.3) is 5.56 Å². The van der Waals surface area contributed by atoms with Gasteiger partial charge < -0.3 is 4.98 Å². The summed E-state index contributed by atoms with van der Waals surface area (Å²) in [6.45, 7) is 1.90. The molecule has 6 heteroatoms. The molecular formula is C9H7IN4O. The van der Waals surface area contributed by atoms with Crippen molar-refractivity contribution in [3.05, 3.63) is 38.1 Å². The van der Waals surface area contributed by atoms with Gasteiger partial charge in [-0.05, 0) is 35.1 Å². The maximum absolute atomic E-state index is 11.3. The Morgan fingerprint density at radius 1 is 1.20 bits per heavy atom. The lowest BCUT2D eigenvalue weighted by Crippen LogP contribution is -2.12. The van der Waals surface area contributed by atoms with Gasteiger partial charge in [-0.1, -0.05) is 0 Å². The van der Waals surface area contributed by atoms with Gasteiger partial charge in [-0.25, -0.2) is 15.0 Å². The minimum Gasteiger partial charge on any atom is -0.303 e. The molecule has 2 aromatic rings. The lowest BCUT2D eigenvalue weighted by atomic mass is 10.4. The van der Waals surface area contributed by atoms with Crippen LogP contribution in [0.5, 0.6) is 0 Å². The van der Waals surface area contributed by atoms with Crippen LogP contribution in [0.1, 0.15) is 5.56 Å². The van der Waals surface area contributed by atoms with Crippen molar-refractivity contribution in [3.8, 4) is 11.6 Å². The van der Waals surface area contributed by atoms with E-state index in [1.807, 2.05) is 29.5 Å². The van der Waals surface area contributed by atoms with Gasteiger partial charge in [0, 0.05) is 18.6 Å². The van der Waals surface area contributed by atoms with E-state index in [0.29, 0.717) is 15.2 Å². The highest BCUT2D eigenvalue weighted by Gasteiger charge is 2.04. The predicted octanol–water partition coefficient (Wildman–Crippen LogP) is 1.14. The number of hydrogen-bond donors (Lipinski definition) is 1. The summed E-state index contributed by atoms with van der Waals surface area (Å²) < 4.78 is 0.545. The van der Waals surface area contributed by atoms with Gasteiger partial charge in [-0.2, -0.15) is 0 Å². The first-order valence-corrected chi connectivity index (χ1v) is 5.28. The van der Waals surface area contributed by atoms with E-state index in [1.54, 1.807) is 12.4 Å². The standard InChI is InChI=1S/C9H7IN4O/c1-5-2-11-7(12-3-5)8-13-4-6(10)9(15)14-8/h2-4H,1H3,(H,13,14,15).